The zero-order valence-corrected chi connectivity index (χ0v) is 9.37. The Morgan fingerprint density at radius 2 is 1.80 bits per heavy atom. The fourth-order valence-corrected chi connectivity index (χ4v) is 1.17. The van der Waals surface area contributed by atoms with Crippen LogP contribution in [0.5, 0.6) is 5.75 Å². The number of carbonyl (C=O) groups is 2. The molecule has 0 unspecified atom stereocenters. The molecule has 0 heterocycles. The summed E-state index contributed by atoms with van der Waals surface area (Å²) < 4.78 is 64.0. The average Bonchev–Trinajstić information content (AvgIpc) is 2.26. The van der Waals surface area contributed by atoms with Crippen molar-refractivity contribution in [3.63, 3.8) is 0 Å². The van der Waals surface area contributed by atoms with E-state index < -0.39 is 41.7 Å². The van der Waals surface area contributed by atoms with Gasteiger partial charge in [0.05, 0.1) is 5.56 Å². The number of nitrogens with one attached hydrogen (secondary N) is 1. The first kappa shape index (κ1) is 15.7. The van der Waals surface area contributed by atoms with Crippen LogP contribution in [0.15, 0.2) is 18.2 Å². The van der Waals surface area contributed by atoms with E-state index in [4.69, 9.17) is 5.11 Å². The van der Waals surface area contributed by atoms with Gasteiger partial charge in [-0.15, -0.1) is 0 Å². The molecule has 0 bridgehead atoms. The van der Waals surface area contributed by atoms with Crippen LogP contribution in [-0.2, 0) is 4.79 Å². The second-order valence-electron chi connectivity index (χ2n) is 3.38. The molecule has 0 fully saturated rings. The summed E-state index contributed by atoms with van der Waals surface area (Å²) in [6.07, 6.45) is -5.21. The standard InChI is InChI=1S/C10H6F5NO4/c11-9(12)20-6-2-4(7(17)18)1-5(3-6)16-8(19)10(13,14)15/h1-3,9H,(H,16,19)(H,17,18). The van der Waals surface area contributed by atoms with E-state index in [0.29, 0.717) is 18.2 Å². The number of anilines is 1. The molecule has 1 aromatic carbocycles. The molecule has 1 aromatic rings. The maximum Gasteiger partial charge on any atom is 0.471 e. The monoisotopic (exact) mass is 299 g/mol. The molecule has 0 saturated heterocycles. The molecule has 10 heteroatoms. The predicted molar refractivity (Wildman–Crippen MR) is 54.7 cm³/mol. The Labute approximate surface area is 107 Å². The SMILES string of the molecule is O=C(O)c1cc(NC(=O)C(F)(F)F)cc(OC(F)F)c1. The number of hydrogen-bond donors (Lipinski definition) is 2. The van der Waals surface area contributed by atoms with Crippen LogP contribution in [0.1, 0.15) is 10.4 Å². The maximum atomic E-state index is 12.0. The summed E-state index contributed by atoms with van der Waals surface area (Å²) >= 11 is 0. The number of carbonyl (C=O) groups excluding carboxylic acids is 1. The normalized spacial score (nSPS) is 11.3. The van der Waals surface area contributed by atoms with Crippen LogP contribution >= 0.6 is 0 Å². The van der Waals surface area contributed by atoms with Crippen molar-refractivity contribution in [1.29, 1.82) is 0 Å². The summed E-state index contributed by atoms with van der Waals surface area (Å²) in [6.45, 7) is -3.30. The molecule has 1 rings (SSSR count). The van der Waals surface area contributed by atoms with Gasteiger partial charge in [0.2, 0.25) is 0 Å². The number of alkyl halides is 5. The highest BCUT2D eigenvalue weighted by atomic mass is 19.4. The van der Waals surface area contributed by atoms with Crippen molar-refractivity contribution in [2.45, 2.75) is 12.8 Å². The number of amides is 1. The second-order valence-corrected chi connectivity index (χ2v) is 3.38. The fourth-order valence-electron chi connectivity index (χ4n) is 1.17. The summed E-state index contributed by atoms with van der Waals surface area (Å²) in [5.74, 6) is -4.66. The Morgan fingerprint density at radius 1 is 1.20 bits per heavy atom. The van der Waals surface area contributed by atoms with Crippen molar-refractivity contribution < 1.29 is 41.4 Å². The van der Waals surface area contributed by atoms with Crippen molar-refractivity contribution in [3.8, 4) is 5.75 Å². The van der Waals surface area contributed by atoms with Gasteiger partial charge in [0.15, 0.2) is 0 Å². The third-order valence-electron chi connectivity index (χ3n) is 1.89. The lowest BCUT2D eigenvalue weighted by Crippen LogP contribution is -2.30. The maximum absolute atomic E-state index is 12.0. The van der Waals surface area contributed by atoms with Gasteiger partial charge in [0.1, 0.15) is 5.75 Å². The molecule has 2 N–H and O–H groups in total. The highest BCUT2D eigenvalue weighted by Crippen LogP contribution is 2.25. The minimum absolute atomic E-state index is 0.624. The van der Waals surface area contributed by atoms with Crippen LogP contribution in [-0.4, -0.2) is 29.8 Å². The van der Waals surface area contributed by atoms with Crippen LogP contribution < -0.4 is 10.1 Å². The molecule has 0 saturated carbocycles. The van der Waals surface area contributed by atoms with E-state index in [1.807, 2.05) is 0 Å². The highest BCUT2D eigenvalue weighted by molar-refractivity contribution is 5.97. The highest BCUT2D eigenvalue weighted by Gasteiger charge is 2.38. The quantitative estimate of drug-likeness (QED) is 0.838. The number of rotatable bonds is 4. The number of carboxylic acids is 1. The van der Waals surface area contributed by atoms with Gasteiger partial charge >= 0.3 is 24.7 Å². The molecule has 5 nitrogen and oxygen atoms in total. The first-order valence-electron chi connectivity index (χ1n) is 4.81. The number of ether oxygens (including phenoxy) is 1. The van der Waals surface area contributed by atoms with Crippen molar-refractivity contribution in [3.05, 3.63) is 23.8 Å². The van der Waals surface area contributed by atoms with Gasteiger partial charge in [-0.25, -0.2) is 4.79 Å². The smallest absolute Gasteiger partial charge is 0.471 e. The molecule has 0 atom stereocenters. The van der Waals surface area contributed by atoms with E-state index in [-0.39, 0.29) is 0 Å². The third kappa shape index (κ3) is 4.37. The van der Waals surface area contributed by atoms with Gasteiger partial charge in [0, 0.05) is 11.8 Å². The van der Waals surface area contributed by atoms with Gasteiger partial charge < -0.3 is 15.2 Å². The molecule has 0 aliphatic heterocycles. The minimum atomic E-state index is -5.21. The summed E-state index contributed by atoms with van der Waals surface area (Å²) in [5, 5.41) is 10.0. The molecular formula is C10H6F5NO4. The Balaban J connectivity index is 3.09. The molecule has 20 heavy (non-hydrogen) atoms. The van der Waals surface area contributed by atoms with Gasteiger partial charge in [-0.05, 0) is 12.1 Å². The van der Waals surface area contributed by atoms with Crippen molar-refractivity contribution in [2.75, 3.05) is 5.32 Å². The lowest BCUT2D eigenvalue weighted by molar-refractivity contribution is -0.167. The summed E-state index contributed by atoms with van der Waals surface area (Å²) in [7, 11) is 0. The Hall–Kier alpha value is -2.39. The third-order valence-corrected chi connectivity index (χ3v) is 1.89. The number of halogens is 5. The molecular weight excluding hydrogens is 293 g/mol. The topological polar surface area (TPSA) is 75.6 Å². The van der Waals surface area contributed by atoms with E-state index in [1.54, 1.807) is 0 Å². The van der Waals surface area contributed by atoms with Gasteiger partial charge in [-0.1, -0.05) is 0 Å². The Morgan fingerprint density at radius 3 is 2.25 bits per heavy atom. The van der Waals surface area contributed by atoms with Gasteiger partial charge in [0.25, 0.3) is 0 Å². The number of aromatic carboxylic acids is 1. The van der Waals surface area contributed by atoms with E-state index in [9.17, 15) is 31.5 Å². The molecule has 0 aromatic heterocycles. The van der Waals surface area contributed by atoms with Crippen molar-refractivity contribution in [1.82, 2.24) is 0 Å². The van der Waals surface area contributed by atoms with Gasteiger partial charge in [-0.2, -0.15) is 22.0 Å². The molecule has 0 spiro atoms. The Kier molecular flexibility index (Phi) is 4.48. The zero-order valence-electron chi connectivity index (χ0n) is 9.37. The van der Waals surface area contributed by atoms with E-state index in [1.165, 1.54) is 5.32 Å². The largest absolute Gasteiger partial charge is 0.478 e. The van der Waals surface area contributed by atoms with Crippen LogP contribution in [0.2, 0.25) is 0 Å². The Bertz CT molecular complexity index is 529. The van der Waals surface area contributed by atoms with Crippen LogP contribution in [0.3, 0.4) is 0 Å². The molecule has 0 aliphatic carbocycles. The summed E-state index contributed by atoms with van der Waals surface area (Å²) in [4.78, 5) is 21.4. The fraction of sp³-hybridized carbons (Fsp3) is 0.200. The van der Waals surface area contributed by atoms with Gasteiger partial charge in [-0.3, -0.25) is 4.79 Å². The van der Waals surface area contributed by atoms with Crippen molar-refractivity contribution in [2.24, 2.45) is 0 Å². The van der Waals surface area contributed by atoms with E-state index in [2.05, 4.69) is 4.74 Å². The van der Waals surface area contributed by atoms with Crippen LogP contribution in [0.25, 0.3) is 0 Å². The second kappa shape index (κ2) is 5.72. The minimum Gasteiger partial charge on any atom is -0.478 e. The number of hydrogen-bond acceptors (Lipinski definition) is 3. The van der Waals surface area contributed by atoms with Crippen LogP contribution in [0, 0.1) is 0 Å². The van der Waals surface area contributed by atoms with Crippen LogP contribution in [0.4, 0.5) is 27.6 Å². The summed E-state index contributed by atoms with van der Waals surface area (Å²) in [6, 6.07) is 1.99. The predicted octanol–water partition coefficient (Wildman–Crippen LogP) is 2.49. The molecule has 1 amide bonds. The number of benzene rings is 1. The van der Waals surface area contributed by atoms with E-state index >= 15 is 0 Å². The first-order chi connectivity index (χ1) is 9.09. The molecule has 110 valence electrons. The molecule has 0 aliphatic rings. The first-order valence-corrected chi connectivity index (χ1v) is 4.81. The van der Waals surface area contributed by atoms with Crippen molar-refractivity contribution >= 4 is 17.6 Å². The molecule has 0 radical (unpaired) electrons. The lowest BCUT2D eigenvalue weighted by atomic mass is 10.2. The average molecular weight is 299 g/mol. The zero-order chi connectivity index (χ0) is 15.5. The number of carboxylic acid groups (broad SMARTS) is 1. The summed E-state index contributed by atoms with van der Waals surface area (Å²) in [5.41, 5.74) is -1.26. The lowest BCUT2D eigenvalue weighted by Gasteiger charge is -2.11. The van der Waals surface area contributed by atoms with E-state index in [0.717, 1.165) is 0 Å².